The summed E-state index contributed by atoms with van der Waals surface area (Å²) in [6.45, 7) is 2.67. The van der Waals surface area contributed by atoms with Gasteiger partial charge in [0.05, 0.1) is 19.8 Å². The summed E-state index contributed by atoms with van der Waals surface area (Å²) in [5.74, 6) is 0. The SMILES string of the molecule is COCC1(COCc2ccccc2)CCCO1. The maximum absolute atomic E-state index is 5.77. The van der Waals surface area contributed by atoms with Crippen molar-refractivity contribution in [3.05, 3.63) is 35.9 Å². The van der Waals surface area contributed by atoms with Crippen LogP contribution < -0.4 is 0 Å². The molecule has 1 heterocycles. The molecule has 0 bridgehead atoms. The van der Waals surface area contributed by atoms with Crippen molar-refractivity contribution in [2.45, 2.75) is 25.0 Å². The molecule has 1 atom stereocenters. The van der Waals surface area contributed by atoms with E-state index in [0.717, 1.165) is 19.4 Å². The molecule has 0 aliphatic carbocycles. The first kappa shape index (κ1) is 12.6. The molecular weight excluding hydrogens is 216 g/mol. The molecule has 1 saturated heterocycles. The average molecular weight is 236 g/mol. The van der Waals surface area contributed by atoms with E-state index in [0.29, 0.717) is 19.8 Å². The second-order valence-electron chi connectivity index (χ2n) is 4.55. The zero-order valence-electron chi connectivity index (χ0n) is 10.4. The van der Waals surface area contributed by atoms with Gasteiger partial charge >= 0.3 is 0 Å². The molecule has 0 radical (unpaired) electrons. The van der Waals surface area contributed by atoms with Crippen LogP contribution in [0.5, 0.6) is 0 Å². The Morgan fingerprint density at radius 1 is 1.24 bits per heavy atom. The van der Waals surface area contributed by atoms with Crippen LogP contribution >= 0.6 is 0 Å². The van der Waals surface area contributed by atoms with Crippen LogP contribution in [0.25, 0.3) is 0 Å². The van der Waals surface area contributed by atoms with Gasteiger partial charge in [-0.3, -0.25) is 0 Å². The van der Waals surface area contributed by atoms with E-state index in [1.165, 1.54) is 5.56 Å². The van der Waals surface area contributed by atoms with Gasteiger partial charge in [-0.25, -0.2) is 0 Å². The van der Waals surface area contributed by atoms with Crippen molar-refractivity contribution in [1.82, 2.24) is 0 Å². The van der Waals surface area contributed by atoms with Crippen LogP contribution in [0.1, 0.15) is 18.4 Å². The molecule has 1 aromatic rings. The van der Waals surface area contributed by atoms with Crippen LogP contribution in [0.2, 0.25) is 0 Å². The van der Waals surface area contributed by atoms with Crippen LogP contribution in [0, 0.1) is 0 Å². The molecule has 0 aromatic heterocycles. The molecular formula is C14H20O3. The first-order valence-electron chi connectivity index (χ1n) is 6.09. The number of rotatable bonds is 6. The summed E-state index contributed by atoms with van der Waals surface area (Å²) in [5, 5.41) is 0. The van der Waals surface area contributed by atoms with E-state index in [1.807, 2.05) is 18.2 Å². The van der Waals surface area contributed by atoms with E-state index in [-0.39, 0.29) is 5.60 Å². The van der Waals surface area contributed by atoms with Crippen molar-refractivity contribution in [1.29, 1.82) is 0 Å². The van der Waals surface area contributed by atoms with Gasteiger partial charge in [-0.2, -0.15) is 0 Å². The van der Waals surface area contributed by atoms with Crippen molar-refractivity contribution < 1.29 is 14.2 Å². The predicted molar refractivity (Wildman–Crippen MR) is 65.9 cm³/mol. The highest BCUT2D eigenvalue weighted by Gasteiger charge is 2.35. The fourth-order valence-corrected chi connectivity index (χ4v) is 2.22. The lowest BCUT2D eigenvalue weighted by Crippen LogP contribution is -2.38. The minimum Gasteiger partial charge on any atom is -0.382 e. The number of ether oxygens (including phenoxy) is 3. The molecule has 1 aliphatic rings. The van der Waals surface area contributed by atoms with E-state index >= 15 is 0 Å². The molecule has 1 aromatic carbocycles. The van der Waals surface area contributed by atoms with Crippen molar-refractivity contribution >= 4 is 0 Å². The Labute approximate surface area is 103 Å². The fourth-order valence-electron chi connectivity index (χ4n) is 2.22. The normalized spacial score (nSPS) is 24.1. The predicted octanol–water partition coefficient (Wildman–Crippen LogP) is 2.40. The lowest BCUT2D eigenvalue weighted by Gasteiger charge is -2.27. The average Bonchev–Trinajstić information content (AvgIpc) is 2.80. The largest absolute Gasteiger partial charge is 0.382 e. The zero-order chi connectivity index (χ0) is 12.0. The molecule has 3 nitrogen and oxygen atoms in total. The Balaban J connectivity index is 1.80. The summed E-state index contributed by atoms with van der Waals surface area (Å²) >= 11 is 0. The molecule has 94 valence electrons. The van der Waals surface area contributed by atoms with E-state index < -0.39 is 0 Å². The highest BCUT2D eigenvalue weighted by Crippen LogP contribution is 2.26. The zero-order valence-corrected chi connectivity index (χ0v) is 10.4. The fraction of sp³-hybridized carbons (Fsp3) is 0.571. The van der Waals surface area contributed by atoms with E-state index in [4.69, 9.17) is 14.2 Å². The third-order valence-corrected chi connectivity index (χ3v) is 3.07. The lowest BCUT2D eigenvalue weighted by atomic mass is 10.0. The van der Waals surface area contributed by atoms with Gasteiger partial charge in [-0.1, -0.05) is 30.3 Å². The Kier molecular flexibility index (Phi) is 4.54. The molecule has 0 saturated carbocycles. The number of hydrogen-bond acceptors (Lipinski definition) is 3. The van der Waals surface area contributed by atoms with Gasteiger partial charge in [-0.05, 0) is 18.4 Å². The van der Waals surface area contributed by atoms with Crippen molar-refractivity contribution in [2.75, 3.05) is 26.9 Å². The Morgan fingerprint density at radius 3 is 2.71 bits per heavy atom. The molecule has 1 fully saturated rings. The summed E-state index contributed by atoms with van der Waals surface area (Å²) in [6.07, 6.45) is 2.12. The van der Waals surface area contributed by atoms with Crippen LogP contribution in [-0.2, 0) is 20.8 Å². The third kappa shape index (κ3) is 3.53. The monoisotopic (exact) mass is 236 g/mol. The highest BCUT2D eigenvalue weighted by atomic mass is 16.6. The molecule has 0 N–H and O–H groups in total. The molecule has 0 spiro atoms. The van der Waals surface area contributed by atoms with Crippen LogP contribution in [-0.4, -0.2) is 32.5 Å². The summed E-state index contributed by atoms with van der Waals surface area (Å²) in [6, 6.07) is 10.2. The lowest BCUT2D eigenvalue weighted by molar-refractivity contribution is -0.103. The van der Waals surface area contributed by atoms with E-state index in [1.54, 1.807) is 7.11 Å². The van der Waals surface area contributed by atoms with Gasteiger partial charge in [-0.15, -0.1) is 0 Å². The standard InChI is InChI=1S/C14H20O3/c1-15-11-14(8-5-9-17-14)12-16-10-13-6-3-2-4-7-13/h2-4,6-7H,5,8-12H2,1H3. The summed E-state index contributed by atoms with van der Waals surface area (Å²) in [4.78, 5) is 0. The van der Waals surface area contributed by atoms with Gasteiger partial charge in [0.1, 0.15) is 5.60 Å². The maximum Gasteiger partial charge on any atom is 0.115 e. The topological polar surface area (TPSA) is 27.7 Å². The van der Waals surface area contributed by atoms with Crippen LogP contribution in [0.15, 0.2) is 30.3 Å². The van der Waals surface area contributed by atoms with Gasteiger partial charge in [0.25, 0.3) is 0 Å². The highest BCUT2D eigenvalue weighted by molar-refractivity contribution is 5.13. The van der Waals surface area contributed by atoms with Gasteiger partial charge in [0, 0.05) is 13.7 Å². The first-order chi connectivity index (χ1) is 8.35. The molecule has 17 heavy (non-hydrogen) atoms. The molecule has 3 heteroatoms. The van der Waals surface area contributed by atoms with Crippen molar-refractivity contribution in [2.24, 2.45) is 0 Å². The van der Waals surface area contributed by atoms with E-state index in [9.17, 15) is 0 Å². The first-order valence-corrected chi connectivity index (χ1v) is 6.09. The summed E-state index contributed by atoms with van der Waals surface area (Å²) < 4.78 is 16.8. The Bertz CT molecular complexity index is 317. The third-order valence-electron chi connectivity index (χ3n) is 3.07. The Morgan fingerprint density at radius 2 is 2.06 bits per heavy atom. The van der Waals surface area contributed by atoms with E-state index in [2.05, 4.69) is 12.1 Å². The smallest absolute Gasteiger partial charge is 0.115 e. The summed E-state index contributed by atoms with van der Waals surface area (Å²) in [7, 11) is 1.71. The van der Waals surface area contributed by atoms with Crippen LogP contribution in [0.4, 0.5) is 0 Å². The quantitative estimate of drug-likeness (QED) is 0.759. The number of methoxy groups -OCH3 is 1. The second kappa shape index (κ2) is 6.15. The van der Waals surface area contributed by atoms with Crippen molar-refractivity contribution in [3.8, 4) is 0 Å². The van der Waals surface area contributed by atoms with Gasteiger partial charge in [0.15, 0.2) is 0 Å². The molecule has 1 unspecified atom stereocenters. The summed E-state index contributed by atoms with van der Waals surface area (Å²) in [5.41, 5.74) is 0.974. The van der Waals surface area contributed by atoms with Gasteiger partial charge < -0.3 is 14.2 Å². The van der Waals surface area contributed by atoms with Crippen LogP contribution in [0.3, 0.4) is 0 Å². The Hall–Kier alpha value is -0.900. The molecule has 2 rings (SSSR count). The molecule has 0 amide bonds. The molecule has 1 aliphatic heterocycles. The maximum atomic E-state index is 5.77. The minimum absolute atomic E-state index is 0.219. The van der Waals surface area contributed by atoms with Crippen molar-refractivity contribution in [3.63, 3.8) is 0 Å². The number of benzene rings is 1. The second-order valence-corrected chi connectivity index (χ2v) is 4.55. The minimum atomic E-state index is -0.219. The van der Waals surface area contributed by atoms with Gasteiger partial charge in [0.2, 0.25) is 0 Å². The number of hydrogen-bond donors (Lipinski definition) is 0.